The van der Waals surface area contributed by atoms with E-state index in [9.17, 15) is 12.8 Å². The number of hydrogen-bond donors (Lipinski definition) is 2. The van der Waals surface area contributed by atoms with Crippen LogP contribution in [0, 0.1) is 11.6 Å². The quantitative estimate of drug-likeness (QED) is 0.129. The molecule has 1 aliphatic heterocycles. The maximum atomic E-state index is 16.0. The summed E-state index contributed by atoms with van der Waals surface area (Å²) in [6.45, 7) is 2.23. The van der Waals surface area contributed by atoms with Gasteiger partial charge in [-0.1, -0.05) is 48.9 Å². The summed E-state index contributed by atoms with van der Waals surface area (Å²) in [7, 11) is -3.52. The van der Waals surface area contributed by atoms with E-state index >= 15 is 4.39 Å². The van der Waals surface area contributed by atoms with Gasteiger partial charge in [-0.25, -0.2) is 27.2 Å². The van der Waals surface area contributed by atoms with Gasteiger partial charge in [0, 0.05) is 35.7 Å². The minimum Gasteiger partial charge on any atom is -0.488 e. The standard InChI is InChI=1S/C36H33ClF2N4O4S/c1-2-34(40-15-17-48(44,45)27-10-4-3-5-11-27)36(14-7-16-47-36)29-20-28-32(21-31(29)39)41-23-42-35(28)43-26-12-13-33(30(37)19-26)46-22-24-8-6-9-25(38)18-24/h3-13,16,18-21,23,34,40H,2,14-15,17,22H2,1H3,(H,41,42,43). The summed E-state index contributed by atoms with van der Waals surface area (Å²) in [6.07, 6.45) is 5.63. The van der Waals surface area contributed by atoms with Crippen molar-refractivity contribution in [3.05, 3.63) is 131 Å². The molecule has 4 aromatic carbocycles. The molecule has 1 aromatic heterocycles. The van der Waals surface area contributed by atoms with Crippen LogP contribution in [0.2, 0.25) is 5.02 Å². The molecule has 0 saturated heterocycles. The summed E-state index contributed by atoms with van der Waals surface area (Å²) < 4.78 is 67.3. The molecule has 5 aromatic rings. The van der Waals surface area contributed by atoms with Crippen molar-refractivity contribution in [3.8, 4) is 5.75 Å². The van der Waals surface area contributed by atoms with Crippen molar-refractivity contribution in [1.29, 1.82) is 0 Å². The second kappa shape index (κ2) is 14.3. The number of nitrogens with one attached hydrogen (secondary N) is 2. The van der Waals surface area contributed by atoms with Gasteiger partial charge in [0.1, 0.15) is 36.1 Å². The Hall–Kier alpha value is -4.58. The number of benzene rings is 4. The minimum atomic E-state index is -3.52. The lowest BCUT2D eigenvalue weighted by Crippen LogP contribution is -2.49. The maximum absolute atomic E-state index is 16.0. The number of ether oxygens (including phenoxy) is 2. The van der Waals surface area contributed by atoms with Crippen LogP contribution < -0.4 is 15.4 Å². The molecule has 2 atom stereocenters. The molecule has 8 nitrogen and oxygen atoms in total. The molecule has 248 valence electrons. The van der Waals surface area contributed by atoms with Crippen molar-refractivity contribution >= 4 is 43.8 Å². The molecule has 12 heteroatoms. The van der Waals surface area contributed by atoms with Gasteiger partial charge in [-0.05, 0) is 66.6 Å². The van der Waals surface area contributed by atoms with Gasteiger partial charge in [0.15, 0.2) is 15.4 Å². The van der Waals surface area contributed by atoms with Crippen LogP contribution in [-0.4, -0.2) is 36.7 Å². The molecule has 1 aliphatic rings. The monoisotopic (exact) mass is 690 g/mol. The second-order valence-electron chi connectivity index (χ2n) is 11.4. The highest BCUT2D eigenvalue weighted by Crippen LogP contribution is 2.42. The van der Waals surface area contributed by atoms with Gasteiger partial charge in [0.2, 0.25) is 0 Å². The maximum Gasteiger partial charge on any atom is 0.179 e. The Morgan fingerprint density at radius 2 is 1.85 bits per heavy atom. The van der Waals surface area contributed by atoms with Crippen LogP contribution in [-0.2, 0) is 26.8 Å². The van der Waals surface area contributed by atoms with Gasteiger partial charge in [-0.2, -0.15) is 0 Å². The fraction of sp³-hybridized carbons (Fsp3) is 0.222. The Morgan fingerprint density at radius 3 is 2.58 bits per heavy atom. The number of fused-ring (bicyclic) bond motifs is 1. The van der Waals surface area contributed by atoms with Crippen molar-refractivity contribution in [2.75, 3.05) is 17.6 Å². The van der Waals surface area contributed by atoms with Gasteiger partial charge in [0.05, 0.1) is 33.5 Å². The van der Waals surface area contributed by atoms with Crippen molar-refractivity contribution < 1.29 is 26.7 Å². The molecule has 2 N–H and O–H groups in total. The van der Waals surface area contributed by atoms with Crippen LogP contribution in [0.1, 0.15) is 30.9 Å². The first-order valence-electron chi connectivity index (χ1n) is 15.4. The first-order chi connectivity index (χ1) is 23.2. The van der Waals surface area contributed by atoms with Crippen LogP contribution in [0.15, 0.2) is 108 Å². The highest BCUT2D eigenvalue weighted by atomic mass is 35.5. The normalized spacial score (nSPS) is 16.5. The predicted octanol–water partition coefficient (Wildman–Crippen LogP) is 7.86. The third-order valence-corrected chi connectivity index (χ3v) is 10.3. The van der Waals surface area contributed by atoms with Crippen LogP contribution in [0.4, 0.5) is 20.3 Å². The molecule has 0 bridgehead atoms. The summed E-state index contributed by atoms with van der Waals surface area (Å²) in [5.41, 5.74) is 0.805. The fourth-order valence-corrected chi connectivity index (χ4v) is 7.33. The van der Waals surface area contributed by atoms with Gasteiger partial charge >= 0.3 is 0 Å². The first kappa shape index (κ1) is 33.3. The van der Waals surface area contributed by atoms with Gasteiger partial charge in [-0.3, -0.25) is 0 Å². The van der Waals surface area contributed by atoms with E-state index in [2.05, 4.69) is 20.6 Å². The number of rotatable bonds is 13. The Kier molecular flexibility index (Phi) is 9.91. The average molecular weight is 691 g/mol. The Labute approximate surface area is 282 Å². The predicted molar refractivity (Wildman–Crippen MR) is 182 cm³/mol. The molecular formula is C36H33ClF2N4O4S. The first-order valence-corrected chi connectivity index (χ1v) is 17.4. The molecule has 2 unspecified atom stereocenters. The molecule has 0 spiro atoms. The number of hydrogen-bond acceptors (Lipinski definition) is 8. The van der Waals surface area contributed by atoms with Crippen LogP contribution in [0.25, 0.3) is 10.9 Å². The third-order valence-electron chi connectivity index (χ3n) is 8.29. The molecule has 0 radical (unpaired) electrons. The largest absolute Gasteiger partial charge is 0.488 e. The molecule has 0 amide bonds. The Balaban J connectivity index is 1.24. The molecule has 0 fully saturated rings. The average Bonchev–Trinajstić information content (AvgIpc) is 3.57. The molecule has 6 rings (SSSR count). The van der Waals surface area contributed by atoms with E-state index < -0.39 is 27.3 Å². The number of halogens is 3. The van der Waals surface area contributed by atoms with Crippen molar-refractivity contribution in [3.63, 3.8) is 0 Å². The van der Waals surface area contributed by atoms with Crippen LogP contribution in [0.5, 0.6) is 5.75 Å². The van der Waals surface area contributed by atoms with Gasteiger partial charge in [0.25, 0.3) is 0 Å². The van der Waals surface area contributed by atoms with Crippen molar-refractivity contribution in [1.82, 2.24) is 15.3 Å². The third kappa shape index (κ3) is 7.13. The zero-order valence-corrected chi connectivity index (χ0v) is 27.6. The summed E-state index contributed by atoms with van der Waals surface area (Å²) in [5.74, 6) is -0.140. The highest BCUT2D eigenvalue weighted by molar-refractivity contribution is 7.91. The van der Waals surface area contributed by atoms with Gasteiger partial charge in [-0.15, -0.1) is 0 Å². The topological polar surface area (TPSA) is 102 Å². The zero-order chi connectivity index (χ0) is 33.7. The lowest BCUT2D eigenvalue weighted by molar-refractivity contribution is -0.00140. The summed E-state index contributed by atoms with van der Waals surface area (Å²) in [5, 5.41) is 7.47. The zero-order valence-electron chi connectivity index (χ0n) is 26.0. The van der Waals surface area contributed by atoms with Crippen LogP contribution in [0.3, 0.4) is 0 Å². The minimum absolute atomic E-state index is 0.129. The SMILES string of the molecule is CCC(NCCS(=O)(=O)c1ccccc1)C1(c2cc3c(Nc4ccc(OCc5cccc(F)c5)c(Cl)c4)ncnc3cc2F)CC=CO1. The van der Waals surface area contributed by atoms with E-state index in [4.69, 9.17) is 21.1 Å². The number of aromatic nitrogens is 2. The van der Waals surface area contributed by atoms with Gasteiger partial charge < -0.3 is 20.1 Å². The van der Waals surface area contributed by atoms with E-state index in [-0.39, 0.29) is 29.6 Å². The number of anilines is 2. The summed E-state index contributed by atoms with van der Waals surface area (Å²) in [4.78, 5) is 8.98. The second-order valence-corrected chi connectivity index (χ2v) is 13.9. The smallest absolute Gasteiger partial charge is 0.179 e. The van der Waals surface area contributed by atoms with Crippen molar-refractivity contribution in [2.45, 2.75) is 42.9 Å². The molecule has 2 heterocycles. The fourth-order valence-electron chi connectivity index (χ4n) is 5.90. The van der Waals surface area contributed by atoms with E-state index in [1.54, 1.807) is 73.0 Å². The Bertz CT molecular complexity index is 2060. The number of nitrogens with zero attached hydrogens (tertiary/aromatic N) is 2. The molecule has 0 saturated carbocycles. The molecular weight excluding hydrogens is 658 g/mol. The van der Waals surface area contributed by atoms with E-state index in [0.717, 1.165) is 0 Å². The molecule has 0 aliphatic carbocycles. The Morgan fingerprint density at radius 1 is 1.02 bits per heavy atom. The van der Waals surface area contributed by atoms with Crippen molar-refractivity contribution in [2.24, 2.45) is 0 Å². The van der Waals surface area contributed by atoms with Crippen LogP contribution >= 0.6 is 11.6 Å². The van der Waals surface area contributed by atoms with E-state index in [0.29, 0.717) is 57.1 Å². The van der Waals surface area contributed by atoms with E-state index in [1.807, 2.05) is 13.0 Å². The highest BCUT2D eigenvalue weighted by Gasteiger charge is 2.45. The summed E-state index contributed by atoms with van der Waals surface area (Å²) in [6, 6.07) is 22.2. The lowest BCUT2D eigenvalue weighted by atomic mass is 9.81. The summed E-state index contributed by atoms with van der Waals surface area (Å²) >= 11 is 6.53. The van der Waals surface area contributed by atoms with E-state index in [1.165, 1.54) is 24.5 Å². The molecule has 48 heavy (non-hydrogen) atoms. The number of sulfone groups is 1. The lowest BCUT2D eigenvalue weighted by Gasteiger charge is -2.38.